The van der Waals surface area contributed by atoms with Crippen molar-refractivity contribution in [1.82, 2.24) is 0 Å². The molecule has 0 aromatic carbocycles. The molecule has 0 aromatic heterocycles. The van der Waals surface area contributed by atoms with Crippen LogP contribution in [0.1, 0.15) is 6.42 Å². The predicted octanol–water partition coefficient (Wildman–Crippen LogP) is 0.690. The number of allylic oxidation sites excluding steroid dienone is 1. The molecule has 0 radical (unpaired) electrons. The van der Waals surface area contributed by atoms with Crippen LogP contribution < -0.4 is 0 Å². The molecule has 0 spiro atoms. The van der Waals surface area contributed by atoms with Crippen LogP contribution in [0.25, 0.3) is 0 Å². The van der Waals surface area contributed by atoms with Crippen molar-refractivity contribution in [3.05, 3.63) is 11.1 Å². The van der Waals surface area contributed by atoms with Crippen LogP contribution in [0.4, 0.5) is 0 Å². The maximum absolute atomic E-state index is 9.73. The number of carbonyl (C=O) groups excluding carboxylic acids is 1. The Morgan fingerprint density at radius 3 is 2.75 bits per heavy atom. The van der Waals surface area contributed by atoms with Crippen LogP contribution in [-0.4, -0.2) is 18.0 Å². The molecule has 0 fully saturated rings. The first-order valence-electron chi connectivity index (χ1n) is 2.23. The van der Waals surface area contributed by atoms with Crippen LogP contribution in [0.5, 0.6) is 0 Å². The summed E-state index contributed by atoms with van der Waals surface area (Å²) in [5.74, 6) is 0. The number of aliphatic hydroxyl groups is 1. The molecule has 0 saturated carbocycles. The summed E-state index contributed by atoms with van der Waals surface area (Å²) in [5, 5.41) is 8.34. The maximum atomic E-state index is 9.73. The van der Waals surface area contributed by atoms with Crippen molar-refractivity contribution in [2.24, 2.45) is 0 Å². The highest BCUT2D eigenvalue weighted by atomic mass is 35.5. The third kappa shape index (κ3) is 3.84. The van der Waals surface area contributed by atoms with E-state index < -0.39 is 0 Å². The third-order valence-electron chi connectivity index (χ3n) is 0.581. The van der Waals surface area contributed by atoms with E-state index in [1.807, 2.05) is 0 Å². The van der Waals surface area contributed by atoms with Crippen molar-refractivity contribution < 1.29 is 9.90 Å². The zero-order chi connectivity index (χ0) is 6.41. The van der Waals surface area contributed by atoms with Crippen LogP contribution in [0.2, 0.25) is 0 Å². The second kappa shape index (κ2) is 4.81. The summed E-state index contributed by atoms with van der Waals surface area (Å²) < 4.78 is 0. The minimum Gasteiger partial charge on any atom is -0.396 e. The fourth-order valence-corrected chi connectivity index (χ4v) is 0.360. The number of carbonyl (C=O) groups is 1. The number of hydrogen-bond acceptors (Lipinski definition) is 2. The highest BCUT2D eigenvalue weighted by molar-refractivity contribution is 6.38. The smallest absolute Gasteiger partial charge is 0.161 e. The second-order valence-electron chi connectivity index (χ2n) is 1.22. The summed E-state index contributed by atoms with van der Waals surface area (Å²) in [6.45, 7) is 0.0318. The standard InChI is InChI=1S/C5H7ClO2/c6-5(4-8)2-1-3-7/h2,4,7H,1,3H2/b5-2+. The fourth-order valence-electron chi connectivity index (χ4n) is 0.251. The molecule has 0 rings (SSSR count). The summed E-state index contributed by atoms with van der Waals surface area (Å²) in [6.07, 6.45) is 2.45. The van der Waals surface area contributed by atoms with Crippen molar-refractivity contribution in [3.63, 3.8) is 0 Å². The molecule has 0 aliphatic rings. The molecule has 0 saturated heterocycles. The van der Waals surface area contributed by atoms with Gasteiger partial charge < -0.3 is 5.11 Å². The van der Waals surface area contributed by atoms with E-state index in [4.69, 9.17) is 16.7 Å². The Balaban J connectivity index is 3.40. The molecular weight excluding hydrogens is 128 g/mol. The molecule has 0 aliphatic carbocycles. The van der Waals surface area contributed by atoms with Gasteiger partial charge >= 0.3 is 0 Å². The molecule has 0 aromatic rings. The largest absolute Gasteiger partial charge is 0.396 e. The average Bonchev–Trinajstić information content (AvgIpc) is 1.83. The molecule has 2 nitrogen and oxygen atoms in total. The van der Waals surface area contributed by atoms with Gasteiger partial charge in [0.05, 0.1) is 5.03 Å². The number of hydrogen-bond donors (Lipinski definition) is 1. The predicted molar refractivity (Wildman–Crippen MR) is 31.7 cm³/mol. The Labute approximate surface area is 52.8 Å². The van der Waals surface area contributed by atoms with E-state index in [9.17, 15) is 4.79 Å². The Kier molecular flexibility index (Phi) is 4.61. The average molecular weight is 135 g/mol. The van der Waals surface area contributed by atoms with E-state index in [2.05, 4.69) is 0 Å². The van der Waals surface area contributed by atoms with Gasteiger partial charge in [-0.15, -0.1) is 0 Å². The number of rotatable bonds is 3. The second-order valence-corrected chi connectivity index (χ2v) is 1.66. The highest BCUT2D eigenvalue weighted by Crippen LogP contribution is 1.96. The lowest BCUT2D eigenvalue weighted by Crippen LogP contribution is -1.78. The van der Waals surface area contributed by atoms with Crippen molar-refractivity contribution >= 4 is 17.9 Å². The lowest BCUT2D eigenvalue weighted by Gasteiger charge is -1.82. The molecule has 8 heavy (non-hydrogen) atoms. The normalized spacial score (nSPS) is 11.5. The van der Waals surface area contributed by atoms with Gasteiger partial charge in [-0.3, -0.25) is 4.79 Å². The molecule has 3 heteroatoms. The van der Waals surface area contributed by atoms with Crippen LogP contribution in [0, 0.1) is 0 Å². The summed E-state index contributed by atoms with van der Waals surface area (Å²) in [4.78, 5) is 9.73. The fraction of sp³-hybridized carbons (Fsp3) is 0.400. The van der Waals surface area contributed by atoms with Gasteiger partial charge in [0.15, 0.2) is 6.29 Å². The van der Waals surface area contributed by atoms with Gasteiger partial charge in [0.1, 0.15) is 0 Å². The van der Waals surface area contributed by atoms with Crippen LogP contribution in [-0.2, 0) is 4.79 Å². The first-order valence-corrected chi connectivity index (χ1v) is 2.60. The van der Waals surface area contributed by atoms with Crippen molar-refractivity contribution in [2.75, 3.05) is 6.61 Å². The van der Waals surface area contributed by atoms with Crippen molar-refractivity contribution in [1.29, 1.82) is 0 Å². The molecule has 0 bridgehead atoms. The molecule has 46 valence electrons. The highest BCUT2D eigenvalue weighted by Gasteiger charge is 1.83. The van der Waals surface area contributed by atoms with Gasteiger partial charge in [-0.25, -0.2) is 0 Å². The summed E-state index contributed by atoms with van der Waals surface area (Å²) >= 11 is 5.23. The van der Waals surface area contributed by atoms with Gasteiger partial charge in [-0.1, -0.05) is 17.7 Å². The SMILES string of the molecule is O=C/C(Cl)=C\CCO. The van der Waals surface area contributed by atoms with Gasteiger partial charge in [0.2, 0.25) is 0 Å². The minimum absolute atomic E-state index is 0.0318. The summed E-state index contributed by atoms with van der Waals surface area (Å²) in [6, 6.07) is 0. The van der Waals surface area contributed by atoms with E-state index in [0.717, 1.165) is 0 Å². The summed E-state index contributed by atoms with van der Waals surface area (Å²) in [7, 11) is 0. The monoisotopic (exact) mass is 134 g/mol. The Morgan fingerprint density at radius 1 is 1.75 bits per heavy atom. The van der Waals surface area contributed by atoms with Crippen LogP contribution >= 0.6 is 11.6 Å². The molecular formula is C5H7ClO2. The number of aldehydes is 1. The maximum Gasteiger partial charge on any atom is 0.161 e. The lowest BCUT2D eigenvalue weighted by molar-refractivity contribution is -0.104. The zero-order valence-electron chi connectivity index (χ0n) is 4.30. The zero-order valence-corrected chi connectivity index (χ0v) is 5.06. The molecule has 0 amide bonds. The van der Waals surface area contributed by atoms with E-state index >= 15 is 0 Å². The third-order valence-corrected chi connectivity index (χ3v) is 0.824. The van der Waals surface area contributed by atoms with E-state index in [1.165, 1.54) is 6.08 Å². The molecule has 1 N–H and O–H groups in total. The first kappa shape index (κ1) is 7.66. The lowest BCUT2D eigenvalue weighted by atomic mass is 10.4. The van der Waals surface area contributed by atoms with Crippen LogP contribution in [0.3, 0.4) is 0 Å². The Bertz CT molecular complexity index is 98.6. The minimum atomic E-state index is 0.0318. The quantitative estimate of drug-likeness (QED) is 0.456. The van der Waals surface area contributed by atoms with Crippen LogP contribution in [0.15, 0.2) is 11.1 Å². The molecule has 0 atom stereocenters. The molecule has 0 unspecified atom stereocenters. The van der Waals surface area contributed by atoms with Crippen molar-refractivity contribution in [3.8, 4) is 0 Å². The Hall–Kier alpha value is -0.340. The van der Waals surface area contributed by atoms with Gasteiger partial charge in [-0.2, -0.15) is 0 Å². The van der Waals surface area contributed by atoms with E-state index in [1.54, 1.807) is 0 Å². The number of halogens is 1. The number of aliphatic hydroxyl groups excluding tert-OH is 1. The van der Waals surface area contributed by atoms with E-state index in [-0.39, 0.29) is 11.6 Å². The van der Waals surface area contributed by atoms with E-state index in [0.29, 0.717) is 12.7 Å². The van der Waals surface area contributed by atoms with Gasteiger partial charge in [-0.05, 0) is 6.42 Å². The summed E-state index contributed by atoms with van der Waals surface area (Å²) in [5.41, 5.74) is 0. The molecule has 0 heterocycles. The first-order chi connectivity index (χ1) is 3.81. The topological polar surface area (TPSA) is 37.3 Å². The molecule has 0 aliphatic heterocycles. The Morgan fingerprint density at radius 2 is 2.38 bits per heavy atom. The van der Waals surface area contributed by atoms with Gasteiger partial charge in [0.25, 0.3) is 0 Å². The van der Waals surface area contributed by atoms with Gasteiger partial charge in [0, 0.05) is 6.61 Å². The van der Waals surface area contributed by atoms with Crippen molar-refractivity contribution in [2.45, 2.75) is 6.42 Å².